The molecule has 0 saturated carbocycles. The van der Waals surface area contributed by atoms with E-state index in [0.717, 1.165) is 49.6 Å². The molecule has 2 aliphatic rings. The van der Waals surface area contributed by atoms with Gasteiger partial charge in [0.15, 0.2) is 5.82 Å². The minimum atomic E-state index is 0.244. The van der Waals surface area contributed by atoms with Gasteiger partial charge < -0.3 is 14.8 Å². The fraction of sp³-hybridized carbons (Fsp3) is 0.579. The fourth-order valence-corrected chi connectivity index (χ4v) is 4.17. The van der Waals surface area contributed by atoms with Crippen LogP contribution in [0, 0.1) is 0 Å². The molecule has 1 aromatic carbocycles. The number of fused-ring (bicyclic) bond motifs is 2. The Balaban J connectivity index is 1.59. The number of rotatable bonds is 5. The number of nitrogens with zero attached hydrogens (tertiary/aromatic N) is 3. The molecule has 1 aliphatic carbocycles. The first-order valence-corrected chi connectivity index (χ1v) is 9.14. The molecule has 0 unspecified atom stereocenters. The lowest BCUT2D eigenvalue weighted by Crippen LogP contribution is -2.33. The topological polar surface area (TPSA) is 61.2 Å². The number of hydrogen-bond acceptors (Lipinski definition) is 5. The quantitative estimate of drug-likeness (QED) is 0.905. The maximum Gasteiger partial charge on any atom is 0.176 e. The molecule has 0 bridgehead atoms. The minimum absolute atomic E-state index is 0.244. The Bertz CT molecular complexity index is 743. The van der Waals surface area contributed by atoms with Crippen LogP contribution in [0.25, 0.3) is 0 Å². The Morgan fingerprint density at radius 2 is 2.08 bits per heavy atom. The van der Waals surface area contributed by atoms with Crippen LogP contribution in [0.15, 0.2) is 18.2 Å². The monoisotopic (exact) mass is 342 g/mol. The van der Waals surface area contributed by atoms with E-state index in [1.165, 1.54) is 17.5 Å². The SMILES string of the molecule is COCc1nc2n(n1)CCC[C@H]2N[C@H]1CCCc2c(OC)cccc21. The van der Waals surface area contributed by atoms with Crippen LogP contribution in [0.5, 0.6) is 5.75 Å². The summed E-state index contributed by atoms with van der Waals surface area (Å²) in [5.41, 5.74) is 2.73. The largest absolute Gasteiger partial charge is 0.496 e. The highest BCUT2D eigenvalue weighted by atomic mass is 16.5. The third kappa shape index (κ3) is 3.16. The van der Waals surface area contributed by atoms with Gasteiger partial charge in [-0.05, 0) is 49.3 Å². The molecule has 6 nitrogen and oxygen atoms in total. The average Bonchev–Trinajstić information content (AvgIpc) is 3.05. The zero-order valence-electron chi connectivity index (χ0n) is 15.0. The molecule has 0 radical (unpaired) electrons. The molecule has 2 aromatic rings. The van der Waals surface area contributed by atoms with Crippen LogP contribution in [0.3, 0.4) is 0 Å². The Morgan fingerprint density at radius 3 is 2.92 bits per heavy atom. The fourth-order valence-electron chi connectivity index (χ4n) is 4.17. The minimum Gasteiger partial charge on any atom is -0.496 e. The molecule has 2 heterocycles. The second-order valence-electron chi connectivity index (χ2n) is 6.88. The van der Waals surface area contributed by atoms with Gasteiger partial charge >= 0.3 is 0 Å². The van der Waals surface area contributed by atoms with Crippen LogP contribution >= 0.6 is 0 Å². The third-order valence-corrected chi connectivity index (χ3v) is 5.28. The van der Waals surface area contributed by atoms with E-state index in [0.29, 0.717) is 12.6 Å². The normalized spacial score (nSPS) is 22.3. The van der Waals surface area contributed by atoms with E-state index in [2.05, 4.69) is 28.6 Å². The molecule has 6 heteroatoms. The van der Waals surface area contributed by atoms with Crippen molar-refractivity contribution in [3.05, 3.63) is 41.0 Å². The van der Waals surface area contributed by atoms with Gasteiger partial charge in [-0.3, -0.25) is 0 Å². The molecule has 1 N–H and O–H groups in total. The van der Waals surface area contributed by atoms with Crippen molar-refractivity contribution in [1.82, 2.24) is 20.1 Å². The molecule has 4 rings (SSSR count). The van der Waals surface area contributed by atoms with Crippen LogP contribution in [-0.4, -0.2) is 29.0 Å². The summed E-state index contributed by atoms with van der Waals surface area (Å²) in [6, 6.07) is 6.98. The molecule has 0 saturated heterocycles. The number of ether oxygens (including phenoxy) is 2. The molecular formula is C19H26N4O2. The summed E-state index contributed by atoms with van der Waals surface area (Å²) in [4.78, 5) is 4.72. The van der Waals surface area contributed by atoms with Gasteiger partial charge in [0.1, 0.15) is 18.2 Å². The molecule has 1 aliphatic heterocycles. The first-order chi connectivity index (χ1) is 12.3. The highest BCUT2D eigenvalue weighted by Gasteiger charge is 2.29. The van der Waals surface area contributed by atoms with Crippen molar-refractivity contribution < 1.29 is 9.47 Å². The summed E-state index contributed by atoms with van der Waals surface area (Å²) in [5.74, 6) is 2.84. The van der Waals surface area contributed by atoms with Gasteiger partial charge in [0.2, 0.25) is 0 Å². The summed E-state index contributed by atoms with van der Waals surface area (Å²) in [6.45, 7) is 1.41. The predicted molar refractivity (Wildman–Crippen MR) is 94.5 cm³/mol. The van der Waals surface area contributed by atoms with E-state index < -0.39 is 0 Å². The molecule has 134 valence electrons. The van der Waals surface area contributed by atoms with E-state index in [1.807, 2.05) is 4.68 Å². The Labute approximate surface area is 148 Å². The molecule has 2 atom stereocenters. The van der Waals surface area contributed by atoms with Crippen LogP contribution in [-0.2, 0) is 24.3 Å². The molecule has 0 spiro atoms. The maximum absolute atomic E-state index is 5.57. The summed E-state index contributed by atoms with van der Waals surface area (Å²) >= 11 is 0. The van der Waals surface area contributed by atoms with Gasteiger partial charge in [-0.25, -0.2) is 9.67 Å². The number of methoxy groups -OCH3 is 2. The molecule has 0 fully saturated rings. The molecule has 0 amide bonds. The molecule has 25 heavy (non-hydrogen) atoms. The standard InChI is InChI=1S/C19H26N4O2/c1-24-12-18-21-19-16(9-5-11-23(19)22-18)20-15-8-3-7-14-13(15)6-4-10-17(14)25-2/h4,6,10,15-16,20H,3,5,7-9,11-12H2,1-2H3/t15-,16+/m0/s1. The Kier molecular flexibility index (Phi) is 4.72. The predicted octanol–water partition coefficient (Wildman–Crippen LogP) is 2.94. The summed E-state index contributed by atoms with van der Waals surface area (Å²) in [7, 11) is 3.44. The molecular weight excluding hydrogens is 316 g/mol. The number of benzene rings is 1. The third-order valence-electron chi connectivity index (χ3n) is 5.28. The van der Waals surface area contributed by atoms with Crippen molar-refractivity contribution in [3.8, 4) is 5.75 Å². The smallest absolute Gasteiger partial charge is 0.176 e. The van der Waals surface area contributed by atoms with Crippen molar-refractivity contribution in [2.45, 2.75) is 57.3 Å². The van der Waals surface area contributed by atoms with E-state index >= 15 is 0 Å². The first-order valence-electron chi connectivity index (χ1n) is 9.14. The van der Waals surface area contributed by atoms with Crippen LogP contribution < -0.4 is 10.1 Å². The number of nitrogens with one attached hydrogen (secondary N) is 1. The van der Waals surface area contributed by atoms with Gasteiger partial charge in [0, 0.05) is 19.7 Å². The van der Waals surface area contributed by atoms with Gasteiger partial charge in [0.05, 0.1) is 13.2 Å². The number of aryl methyl sites for hydroxylation is 1. The van der Waals surface area contributed by atoms with E-state index in [-0.39, 0.29) is 6.04 Å². The van der Waals surface area contributed by atoms with Crippen molar-refractivity contribution >= 4 is 0 Å². The second kappa shape index (κ2) is 7.14. The van der Waals surface area contributed by atoms with Gasteiger partial charge in [-0.1, -0.05) is 12.1 Å². The second-order valence-corrected chi connectivity index (χ2v) is 6.88. The Hall–Kier alpha value is -1.92. The first kappa shape index (κ1) is 16.5. The lowest BCUT2D eigenvalue weighted by molar-refractivity contribution is 0.177. The highest BCUT2D eigenvalue weighted by Crippen LogP contribution is 2.37. The van der Waals surface area contributed by atoms with Crippen LogP contribution in [0.2, 0.25) is 0 Å². The lowest BCUT2D eigenvalue weighted by atomic mass is 9.86. The van der Waals surface area contributed by atoms with E-state index in [1.54, 1.807) is 14.2 Å². The van der Waals surface area contributed by atoms with Crippen molar-refractivity contribution in [2.75, 3.05) is 14.2 Å². The zero-order chi connectivity index (χ0) is 17.2. The van der Waals surface area contributed by atoms with Crippen molar-refractivity contribution in [2.24, 2.45) is 0 Å². The average molecular weight is 342 g/mol. The Morgan fingerprint density at radius 1 is 1.20 bits per heavy atom. The number of hydrogen-bond donors (Lipinski definition) is 1. The van der Waals surface area contributed by atoms with Crippen molar-refractivity contribution in [3.63, 3.8) is 0 Å². The highest BCUT2D eigenvalue weighted by molar-refractivity contribution is 5.43. The van der Waals surface area contributed by atoms with Crippen LogP contribution in [0.1, 0.15) is 60.5 Å². The summed E-state index contributed by atoms with van der Waals surface area (Å²) in [5, 5.41) is 8.43. The maximum atomic E-state index is 5.57. The van der Waals surface area contributed by atoms with Gasteiger partial charge in [-0.15, -0.1) is 0 Å². The van der Waals surface area contributed by atoms with E-state index in [9.17, 15) is 0 Å². The zero-order valence-corrected chi connectivity index (χ0v) is 15.0. The lowest BCUT2D eigenvalue weighted by Gasteiger charge is -2.32. The molecule has 1 aromatic heterocycles. The van der Waals surface area contributed by atoms with Gasteiger partial charge in [0.25, 0.3) is 0 Å². The van der Waals surface area contributed by atoms with Gasteiger partial charge in [-0.2, -0.15) is 5.10 Å². The van der Waals surface area contributed by atoms with E-state index in [4.69, 9.17) is 14.5 Å². The number of aromatic nitrogens is 3. The van der Waals surface area contributed by atoms with Crippen molar-refractivity contribution in [1.29, 1.82) is 0 Å². The summed E-state index contributed by atoms with van der Waals surface area (Å²) < 4.78 is 12.8. The van der Waals surface area contributed by atoms with Crippen LogP contribution in [0.4, 0.5) is 0 Å². The summed E-state index contributed by atoms with van der Waals surface area (Å²) in [6.07, 6.45) is 5.64.